The summed E-state index contributed by atoms with van der Waals surface area (Å²) in [6.45, 7) is 2.04. The maximum absolute atomic E-state index is 11.4. The van der Waals surface area contributed by atoms with Gasteiger partial charge in [0, 0.05) is 0 Å². The van der Waals surface area contributed by atoms with Gasteiger partial charge in [0.05, 0.1) is 13.2 Å². The second-order valence-electron chi connectivity index (χ2n) is 4.39. The molecule has 3 atom stereocenters. The van der Waals surface area contributed by atoms with Gasteiger partial charge in [0.25, 0.3) is 0 Å². The van der Waals surface area contributed by atoms with Gasteiger partial charge in [0.15, 0.2) is 5.78 Å². The molecule has 6 heteroatoms. The molecule has 0 saturated heterocycles. The minimum absolute atomic E-state index is 0.0531. The average Bonchev–Trinajstić information content (AvgIpc) is 2.39. The predicted molar refractivity (Wildman–Crippen MR) is 67.1 cm³/mol. The fraction of sp³-hybridized carbons (Fsp3) is 0.917. The van der Waals surface area contributed by atoms with Crippen molar-refractivity contribution in [2.45, 2.75) is 50.9 Å². The molecule has 0 rings (SSSR count). The summed E-state index contributed by atoms with van der Waals surface area (Å²) >= 11 is 0. The lowest BCUT2D eigenvalue weighted by atomic mass is 10.0. The summed E-state index contributed by atoms with van der Waals surface area (Å²) in [6, 6.07) is 0. The average molecular weight is 263 g/mol. The van der Waals surface area contributed by atoms with Crippen LogP contribution in [0.1, 0.15) is 32.6 Å². The zero-order valence-corrected chi connectivity index (χ0v) is 10.9. The summed E-state index contributed by atoms with van der Waals surface area (Å²) in [5, 5.41) is 39.3. The van der Waals surface area contributed by atoms with E-state index in [0.717, 1.165) is 25.7 Å². The number of Topliss-reactive ketones (excluding diaryl/α,β-unsaturated/α-hetero) is 1. The van der Waals surface area contributed by atoms with Crippen LogP contribution in [0, 0.1) is 0 Å². The van der Waals surface area contributed by atoms with E-state index in [9.17, 15) is 15.0 Å². The smallest absolute Gasteiger partial charge is 0.177 e. The zero-order valence-electron chi connectivity index (χ0n) is 10.9. The Kier molecular flexibility index (Phi) is 10.1. The highest BCUT2D eigenvalue weighted by molar-refractivity contribution is 5.85. The number of carbonyl (C=O) groups is 1. The van der Waals surface area contributed by atoms with Crippen LogP contribution in [-0.4, -0.2) is 64.2 Å². The first kappa shape index (κ1) is 17.5. The summed E-state index contributed by atoms with van der Waals surface area (Å²) in [6.07, 6.45) is -0.485. The van der Waals surface area contributed by atoms with Gasteiger partial charge in [-0.3, -0.25) is 4.79 Å². The molecule has 18 heavy (non-hydrogen) atoms. The maximum Gasteiger partial charge on any atom is 0.177 e. The quantitative estimate of drug-likeness (QED) is 0.300. The van der Waals surface area contributed by atoms with E-state index in [4.69, 9.17) is 10.2 Å². The molecule has 0 amide bonds. The molecule has 0 bridgehead atoms. The Hall–Kier alpha value is -0.530. The molecule has 0 unspecified atom stereocenters. The maximum atomic E-state index is 11.4. The summed E-state index contributed by atoms with van der Waals surface area (Å²) in [4.78, 5) is 11.4. The van der Waals surface area contributed by atoms with Crippen molar-refractivity contribution in [1.29, 1.82) is 0 Å². The number of hydrogen-bond acceptors (Lipinski definition) is 6. The van der Waals surface area contributed by atoms with Gasteiger partial charge in [-0.25, -0.2) is 0 Å². The van der Waals surface area contributed by atoms with Crippen LogP contribution in [0.15, 0.2) is 0 Å². The topological polar surface area (TPSA) is 110 Å². The molecule has 0 aliphatic carbocycles. The van der Waals surface area contributed by atoms with E-state index in [1.54, 1.807) is 0 Å². The van der Waals surface area contributed by atoms with Crippen LogP contribution in [0.4, 0.5) is 0 Å². The normalized spacial score (nSPS) is 16.3. The van der Waals surface area contributed by atoms with Crippen LogP contribution < -0.4 is 5.32 Å². The van der Waals surface area contributed by atoms with Gasteiger partial charge in [-0.05, 0) is 13.0 Å². The van der Waals surface area contributed by atoms with Crippen molar-refractivity contribution in [3.05, 3.63) is 0 Å². The van der Waals surface area contributed by atoms with Gasteiger partial charge in [-0.15, -0.1) is 0 Å². The number of unbranched alkanes of at least 4 members (excludes halogenated alkanes) is 3. The lowest BCUT2D eigenvalue weighted by molar-refractivity contribution is -0.139. The zero-order chi connectivity index (χ0) is 14.0. The summed E-state index contributed by atoms with van der Waals surface area (Å²) in [7, 11) is 0. The molecule has 0 aromatic heterocycles. The first-order chi connectivity index (χ1) is 8.54. The molecule has 0 heterocycles. The molecule has 0 spiro atoms. The minimum atomic E-state index is -1.67. The van der Waals surface area contributed by atoms with Gasteiger partial charge in [0.1, 0.15) is 18.3 Å². The van der Waals surface area contributed by atoms with Crippen LogP contribution in [0.2, 0.25) is 0 Å². The van der Waals surface area contributed by atoms with Gasteiger partial charge in [-0.1, -0.05) is 26.2 Å². The van der Waals surface area contributed by atoms with Gasteiger partial charge in [-0.2, -0.15) is 0 Å². The molecule has 0 radical (unpaired) electrons. The number of hydrogen-bond donors (Lipinski definition) is 5. The molecule has 0 saturated carbocycles. The number of aliphatic hydroxyl groups is 4. The highest BCUT2D eigenvalue weighted by atomic mass is 16.4. The van der Waals surface area contributed by atoms with E-state index in [2.05, 4.69) is 12.2 Å². The monoisotopic (exact) mass is 263 g/mol. The van der Waals surface area contributed by atoms with Gasteiger partial charge >= 0.3 is 0 Å². The molecule has 0 fully saturated rings. The molecule has 0 aromatic rings. The Labute approximate surface area is 108 Å². The van der Waals surface area contributed by atoms with Gasteiger partial charge in [0.2, 0.25) is 0 Å². The van der Waals surface area contributed by atoms with Crippen LogP contribution in [0.25, 0.3) is 0 Å². The van der Waals surface area contributed by atoms with E-state index < -0.39 is 30.7 Å². The van der Waals surface area contributed by atoms with Crippen molar-refractivity contribution >= 4 is 5.78 Å². The van der Waals surface area contributed by atoms with Crippen molar-refractivity contribution in [1.82, 2.24) is 5.32 Å². The van der Waals surface area contributed by atoms with Crippen molar-refractivity contribution in [2.24, 2.45) is 0 Å². The highest BCUT2D eigenvalue weighted by Gasteiger charge is 2.29. The third-order valence-corrected chi connectivity index (χ3v) is 2.74. The lowest BCUT2D eigenvalue weighted by Crippen LogP contribution is -2.46. The van der Waals surface area contributed by atoms with E-state index >= 15 is 0 Å². The molecular weight excluding hydrogens is 238 g/mol. The lowest BCUT2D eigenvalue weighted by Gasteiger charge is -2.20. The van der Waals surface area contributed by atoms with Crippen LogP contribution in [0.5, 0.6) is 0 Å². The molecule has 0 aliphatic rings. The van der Waals surface area contributed by atoms with Crippen molar-refractivity contribution in [2.75, 3.05) is 19.7 Å². The standard InChI is InChI=1S/C12H25NO5/c1-2-3-4-5-6-13-7-9(15)11(17)12(18)10(16)8-14/h10-14,16-18H,2-8H2,1H3/t10-,11-,12-/m1/s1. The van der Waals surface area contributed by atoms with E-state index in [0.29, 0.717) is 6.54 Å². The Morgan fingerprint density at radius 2 is 1.83 bits per heavy atom. The SMILES string of the molecule is CCCCCCNCC(=O)[C@@H](O)[C@H](O)[C@H](O)CO. The molecule has 108 valence electrons. The Morgan fingerprint density at radius 3 is 2.39 bits per heavy atom. The van der Waals surface area contributed by atoms with Crippen molar-refractivity contribution in [3.63, 3.8) is 0 Å². The van der Waals surface area contributed by atoms with Crippen LogP contribution >= 0.6 is 0 Å². The van der Waals surface area contributed by atoms with Crippen LogP contribution in [-0.2, 0) is 4.79 Å². The minimum Gasteiger partial charge on any atom is -0.394 e. The predicted octanol–water partition coefficient (Wildman–Crippen LogP) is -1.20. The third kappa shape index (κ3) is 7.03. The van der Waals surface area contributed by atoms with E-state index in [1.165, 1.54) is 0 Å². The number of nitrogens with one attached hydrogen (secondary N) is 1. The largest absolute Gasteiger partial charge is 0.394 e. The number of rotatable bonds is 11. The van der Waals surface area contributed by atoms with Crippen LogP contribution in [0.3, 0.4) is 0 Å². The third-order valence-electron chi connectivity index (χ3n) is 2.74. The fourth-order valence-electron chi connectivity index (χ4n) is 1.50. The van der Waals surface area contributed by atoms with E-state index in [-0.39, 0.29) is 6.54 Å². The number of ketones is 1. The fourth-order valence-corrected chi connectivity index (χ4v) is 1.50. The molecule has 5 N–H and O–H groups in total. The molecule has 6 nitrogen and oxygen atoms in total. The molecular formula is C12H25NO5. The van der Waals surface area contributed by atoms with Crippen molar-refractivity contribution < 1.29 is 25.2 Å². The molecule has 0 aliphatic heterocycles. The second-order valence-corrected chi connectivity index (χ2v) is 4.39. The second kappa shape index (κ2) is 10.4. The Balaban J connectivity index is 3.74. The number of carbonyl (C=O) groups excluding carboxylic acids is 1. The first-order valence-corrected chi connectivity index (χ1v) is 6.43. The first-order valence-electron chi connectivity index (χ1n) is 6.43. The summed E-state index contributed by atoms with van der Waals surface area (Å²) < 4.78 is 0. The highest BCUT2D eigenvalue weighted by Crippen LogP contribution is 2.01. The summed E-state index contributed by atoms with van der Waals surface area (Å²) in [5.41, 5.74) is 0. The molecule has 0 aromatic carbocycles. The van der Waals surface area contributed by atoms with E-state index in [1.807, 2.05) is 0 Å². The number of aliphatic hydroxyl groups excluding tert-OH is 4. The summed E-state index contributed by atoms with van der Waals surface area (Å²) in [5.74, 6) is -0.592. The Bertz CT molecular complexity index is 225. The van der Waals surface area contributed by atoms with Gasteiger partial charge < -0.3 is 25.7 Å². The van der Waals surface area contributed by atoms with Crippen molar-refractivity contribution in [3.8, 4) is 0 Å². The Morgan fingerprint density at radius 1 is 1.17 bits per heavy atom.